The van der Waals surface area contributed by atoms with E-state index < -0.39 is 24.5 Å². The number of halogens is 4. The Morgan fingerprint density at radius 2 is 1.64 bits per heavy atom. The Balaban J connectivity index is 0. The van der Waals surface area contributed by atoms with Crippen molar-refractivity contribution in [2.75, 3.05) is 11.9 Å². The zero-order valence-corrected chi connectivity index (χ0v) is 21.9. The van der Waals surface area contributed by atoms with Crippen molar-refractivity contribution in [2.45, 2.75) is 87.9 Å². The summed E-state index contributed by atoms with van der Waals surface area (Å²) in [4.78, 5) is 15.3. The molecule has 0 saturated heterocycles. The molecular weight excluding hydrogens is 474 g/mol. The van der Waals surface area contributed by atoms with Gasteiger partial charge in [0.1, 0.15) is 17.3 Å². The molecule has 3 rings (SSSR count). The molecule has 0 aliphatic carbocycles. The first kappa shape index (κ1) is 35.4. The number of pyridine rings is 1. The summed E-state index contributed by atoms with van der Waals surface area (Å²) in [5.41, 5.74) is 1.61. The molecule has 6 nitrogen and oxygen atoms in total. The van der Waals surface area contributed by atoms with Gasteiger partial charge in [-0.15, -0.1) is 0 Å². The molecule has 0 bridgehead atoms. The zero-order chi connectivity index (χ0) is 27.2. The van der Waals surface area contributed by atoms with Gasteiger partial charge in [-0.2, -0.15) is 13.2 Å². The van der Waals surface area contributed by atoms with Crippen LogP contribution in [0.1, 0.15) is 74.3 Å². The minimum atomic E-state index is -4.66. The van der Waals surface area contributed by atoms with Gasteiger partial charge < -0.3 is 15.4 Å². The maximum absolute atomic E-state index is 13.4. The normalized spacial score (nSPS) is 11.2. The van der Waals surface area contributed by atoms with E-state index in [0.717, 1.165) is 12.1 Å². The lowest BCUT2D eigenvalue weighted by Crippen LogP contribution is -2.30. The summed E-state index contributed by atoms with van der Waals surface area (Å²) in [6, 6.07) is 1.30. The Kier molecular flexibility index (Phi) is 17.4. The van der Waals surface area contributed by atoms with Crippen molar-refractivity contribution < 1.29 is 22.7 Å². The van der Waals surface area contributed by atoms with Crippen LogP contribution in [0.2, 0.25) is 0 Å². The number of hydrogen-bond acceptors (Lipinski definition) is 5. The van der Waals surface area contributed by atoms with E-state index in [-0.39, 0.29) is 19.8 Å². The van der Waals surface area contributed by atoms with Crippen LogP contribution in [0.4, 0.5) is 23.4 Å². The van der Waals surface area contributed by atoms with E-state index in [4.69, 9.17) is 5.11 Å². The molecule has 10 heteroatoms. The second-order valence-electron chi connectivity index (χ2n) is 8.19. The topological polar surface area (TPSA) is 86.7 Å². The van der Waals surface area contributed by atoms with Crippen molar-refractivity contribution in [1.29, 1.82) is 0 Å². The van der Waals surface area contributed by atoms with Crippen molar-refractivity contribution in [1.82, 2.24) is 19.9 Å². The quantitative estimate of drug-likeness (QED) is 0.299. The van der Waals surface area contributed by atoms with Crippen LogP contribution < -0.4 is 5.32 Å². The molecule has 0 aliphatic rings. The van der Waals surface area contributed by atoms with Gasteiger partial charge in [0, 0.05) is 35.5 Å². The van der Waals surface area contributed by atoms with Gasteiger partial charge in [-0.3, -0.25) is 0 Å². The molecule has 0 aliphatic heterocycles. The third-order valence-electron chi connectivity index (χ3n) is 3.80. The average Bonchev–Trinajstić information content (AvgIpc) is 3.19. The molecule has 0 fully saturated rings. The molecule has 0 spiro atoms. The number of hydrogen-bond donors (Lipinski definition) is 3. The second-order valence-corrected chi connectivity index (χ2v) is 8.19. The molecule has 0 radical (unpaired) electrons. The summed E-state index contributed by atoms with van der Waals surface area (Å²) in [6.45, 7) is 16.3. The minimum absolute atomic E-state index is 0. The fourth-order valence-electron chi connectivity index (χ4n) is 2.40. The Labute approximate surface area is 213 Å². The van der Waals surface area contributed by atoms with E-state index in [9.17, 15) is 17.6 Å². The lowest BCUT2D eigenvalue weighted by Gasteiger charge is -2.15. The predicted molar refractivity (Wildman–Crippen MR) is 142 cm³/mol. The van der Waals surface area contributed by atoms with Gasteiger partial charge >= 0.3 is 6.18 Å². The molecule has 3 aromatic rings. The maximum atomic E-state index is 13.4. The van der Waals surface area contributed by atoms with Crippen LogP contribution in [0.3, 0.4) is 0 Å². The lowest BCUT2D eigenvalue weighted by molar-refractivity contribution is -0.204. The Morgan fingerprint density at radius 1 is 1.08 bits per heavy atom. The Hall–Kier alpha value is -2.75. The van der Waals surface area contributed by atoms with Gasteiger partial charge in [-0.25, -0.2) is 19.3 Å². The van der Waals surface area contributed by atoms with E-state index in [1.807, 2.05) is 13.8 Å². The van der Waals surface area contributed by atoms with E-state index in [2.05, 4.69) is 59.9 Å². The number of rotatable bonds is 5. The first-order valence-corrected chi connectivity index (χ1v) is 11.9. The van der Waals surface area contributed by atoms with Gasteiger partial charge in [-0.1, -0.05) is 62.3 Å². The summed E-state index contributed by atoms with van der Waals surface area (Å²) in [7, 11) is 0. The smallest absolute Gasteiger partial charge is 0.384 e. The minimum Gasteiger partial charge on any atom is -0.384 e. The standard InChI is InChI=1S/C16H15F4N5O.C4H10.C3H8.C2H6.CH4/c1-8-5-22-15(11-7-24-14-10(11)4-9(17)6-23-14)25-13(8)21-3-2-12(26)16(18,19)20;1-4(2)3;1-3-2;1-2;/h4-7,12,26H,2-3H2,1H3,(H,23,24)(H,21,22,25);4H,1-3H3;3H2,1-2H3;1-2H3;1H4. The highest BCUT2D eigenvalue weighted by Gasteiger charge is 2.37. The number of aliphatic hydroxyl groups excluding tert-OH is 1. The van der Waals surface area contributed by atoms with Crippen LogP contribution in [-0.4, -0.2) is 43.9 Å². The van der Waals surface area contributed by atoms with Gasteiger partial charge in [0.2, 0.25) is 0 Å². The van der Waals surface area contributed by atoms with Crippen LogP contribution in [0.25, 0.3) is 22.4 Å². The first-order chi connectivity index (χ1) is 16.4. The number of aromatic amines is 1. The average molecular weight is 518 g/mol. The van der Waals surface area contributed by atoms with Crippen LogP contribution >= 0.6 is 0 Å². The van der Waals surface area contributed by atoms with Crippen LogP contribution in [-0.2, 0) is 0 Å². The van der Waals surface area contributed by atoms with Gasteiger partial charge in [0.05, 0.1) is 6.20 Å². The maximum Gasteiger partial charge on any atom is 0.414 e. The van der Waals surface area contributed by atoms with E-state index in [0.29, 0.717) is 28.0 Å². The van der Waals surface area contributed by atoms with Crippen molar-refractivity contribution in [3.8, 4) is 11.4 Å². The van der Waals surface area contributed by atoms with Crippen LogP contribution in [0.5, 0.6) is 0 Å². The van der Waals surface area contributed by atoms with Crippen LogP contribution in [0, 0.1) is 18.7 Å². The first-order valence-electron chi connectivity index (χ1n) is 11.9. The van der Waals surface area contributed by atoms with Gasteiger partial charge in [-0.05, 0) is 25.3 Å². The van der Waals surface area contributed by atoms with Crippen molar-refractivity contribution in [2.24, 2.45) is 5.92 Å². The molecule has 0 amide bonds. The monoisotopic (exact) mass is 517 g/mol. The van der Waals surface area contributed by atoms with Crippen molar-refractivity contribution in [3.05, 3.63) is 36.0 Å². The largest absolute Gasteiger partial charge is 0.414 e. The van der Waals surface area contributed by atoms with E-state index in [1.54, 1.807) is 13.1 Å². The molecule has 1 unspecified atom stereocenters. The molecule has 1 atom stereocenters. The molecule has 3 heterocycles. The summed E-state index contributed by atoms with van der Waals surface area (Å²) in [5.74, 6) is 0.932. The Bertz CT molecular complexity index is 987. The fourth-order valence-corrected chi connectivity index (χ4v) is 2.40. The van der Waals surface area contributed by atoms with Gasteiger partial charge in [0.25, 0.3) is 0 Å². The summed E-state index contributed by atoms with van der Waals surface area (Å²) in [6.07, 6.45) is -2.15. The zero-order valence-electron chi connectivity index (χ0n) is 21.9. The predicted octanol–water partition coefficient (Wildman–Crippen LogP) is 7.93. The second kappa shape index (κ2) is 17.6. The number of nitrogens with zero attached hydrogens (tertiary/aromatic N) is 3. The van der Waals surface area contributed by atoms with E-state index in [1.165, 1.54) is 18.7 Å². The fraction of sp³-hybridized carbons (Fsp3) is 0.577. The highest BCUT2D eigenvalue weighted by atomic mass is 19.4. The summed E-state index contributed by atoms with van der Waals surface area (Å²) in [5, 5.41) is 12.3. The third kappa shape index (κ3) is 12.3. The lowest BCUT2D eigenvalue weighted by atomic mass is 10.2. The number of aromatic nitrogens is 4. The number of H-pyrrole nitrogens is 1. The molecule has 36 heavy (non-hydrogen) atoms. The highest BCUT2D eigenvalue weighted by Crippen LogP contribution is 2.27. The molecule has 3 aromatic heterocycles. The number of alkyl halides is 3. The van der Waals surface area contributed by atoms with Gasteiger partial charge in [0.15, 0.2) is 11.9 Å². The van der Waals surface area contributed by atoms with Crippen molar-refractivity contribution >= 4 is 16.9 Å². The molecule has 206 valence electrons. The number of aliphatic hydroxyl groups is 1. The van der Waals surface area contributed by atoms with E-state index >= 15 is 0 Å². The molecule has 3 N–H and O–H groups in total. The third-order valence-corrected chi connectivity index (χ3v) is 3.80. The Morgan fingerprint density at radius 3 is 2.17 bits per heavy atom. The number of anilines is 1. The SMILES string of the molecule is C.CC.CC(C)C.CCC.Cc1cnc(-c2c[nH]c3ncc(F)cc23)nc1NCCC(O)C(F)(F)F. The van der Waals surface area contributed by atoms with Crippen LogP contribution in [0.15, 0.2) is 24.7 Å². The summed E-state index contributed by atoms with van der Waals surface area (Å²) >= 11 is 0. The highest BCUT2D eigenvalue weighted by molar-refractivity contribution is 5.91. The summed E-state index contributed by atoms with van der Waals surface area (Å²) < 4.78 is 50.5. The molecular formula is C26H43F4N5O. The molecule has 0 aromatic carbocycles. The number of nitrogens with one attached hydrogen (secondary N) is 2. The number of aryl methyl sites for hydroxylation is 1. The van der Waals surface area contributed by atoms with Crippen molar-refractivity contribution in [3.63, 3.8) is 0 Å². The molecule has 0 saturated carbocycles. The number of fused-ring (bicyclic) bond motifs is 1.